The highest BCUT2D eigenvalue weighted by Crippen LogP contribution is 2.27. The third-order valence-electron chi connectivity index (χ3n) is 6.12. The Morgan fingerprint density at radius 1 is 0.947 bits per heavy atom. The fourth-order valence-electron chi connectivity index (χ4n) is 4.27. The molecule has 1 aliphatic rings. The number of amides is 3. The lowest BCUT2D eigenvalue weighted by Gasteiger charge is -2.27. The van der Waals surface area contributed by atoms with Crippen LogP contribution in [-0.4, -0.2) is 65.2 Å². The van der Waals surface area contributed by atoms with E-state index >= 15 is 0 Å². The SMILES string of the molecule is O=C(NCC(F)(F)F)Nc1cccc(-c2cnc3cc(-c4cccc(C(=O)N5CCOCC5)c4)ccn23)c1. The summed E-state index contributed by atoms with van der Waals surface area (Å²) in [7, 11) is 0. The van der Waals surface area contributed by atoms with Crippen molar-refractivity contribution < 1.29 is 27.5 Å². The molecule has 2 aromatic heterocycles. The average Bonchev–Trinajstić information content (AvgIpc) is 3.35. The second-order valence-corrected chi connectivity index (χ2v) is 8.78. The average molecular weight is 524 g/mol. The molecule has 0 saturated carbocycles. The molecule has 2 aromatic carbocycles. The van der Waals surface area contributed by atoms with Gasteiger partial charge in [0.2, 0.25) is 0 Å². The van der Waals surface area contributed by atoms with E-state index in [1.165, 1.54) is 0 Å². The van der Waals surface area contributed by atoms with Crippen LogP contribution in [0.5, 0.6) is 0 Å². The van der Waals surface area contributed by atoms with E-state index in [1.807, 2.05) is 47.0 Å². The minimum Gasteiger partial charge on any atom is -0.378 e. The van der Waals surface area contributed by atoms with Gasteiger partial charge in [-0.15, -0.1) is 0 Å². The van der Waals surface area contributed by atoms with E-state index in [-0.39, 0.29) is 5.91 Å². The Hall–Kier alpha value is -4.38. The fraction of sp³-hybridized carbons (Fsp3) is 0.222. The molecule has 0 unspecified atom stereocenters. The van der Waals surface area contributed by atoms with E-state index in [0.717, 1.165) is 22.4 Å². The first-order chi connectivity index (χ1) is 18.3. The van der Waals surface area contributed by atoms with Gasteiger partial charge in [0.15, 0.2) is 0 Å². The molecule has 0 atom stereocenters. The van der Waals surface area contributed by atoms with Crippen LogP contribution in [0.4, 0.5) is 23.7 Å². The number of hydrogen-bond acceptors (Lipinski definition) is 4. The number of hydrogen-bond donors (Lipinski definition) is 2. The molecule has 1 aliphatic heterocycles. The highest BCUT2D eigenvalue weighted by molar-refractivity contribution is 5.95. The first-order valence-corrected chi connectivity index (χ1v) is 11.9. The second-order valence-electron chi connectivity index (χ2n) is 8.78. The number of alkyl halides is 3. The van der Waals surface area contributed by atoms with Gasteiger partial charge >= 0.3 is 12.2 Å². The Morgan fingerprint density at radius 3 is 2.47 bits per heavy atom. The molecule has 0 spiro atoms. The van der Waals surface area contributed by atoms with Crippen LogP contribution in [0, 0.1) is 0 Å². The van der Waals surface area contributed by atoms with Crippen LogP contribution in [0.15, 0.2) is 73.1 Å². The van der Waals surface area contributed by atoms with Crippen molar-refractivity contribution in [3.05, 3.63) is 78.6 Å². The number of halogens is 3. The van der Waals surface area contributed by atoms with E-state index in [1.54, 1.807) is 40.7 Å². The molecular formula is C27H24F3N5O3. The van der Waals surface area contributed by atoms with Crippen LogP contribution in [0.3, 0.4) is 0 Å². The molecular weight excluding hydrogens is 499 g/mol. The van der Waals surface area contributed by atoms with Gasteiger partial charge in [0.1, 0.15) is 12.2 Å². The first kappa shape index (κ1) is 25.3. The Morgan fingerprint density at radius 2 is 1.68 bits per heavy atom. The molecule has 0 radical (unpaired) electrons. The van der Waals surface area contributed by atoms with Crippen LogP contribution in [-0.2, 0) is 4.74 Å². The Kier molecular flexibility index (Phi) is 7.01. The number of fused-ring (bicyclic) bond motifs is 1. The number of rotatable bonds is 5. The van der Waals surface area contributed by atoms with E-state index in [2.05, 4.69) is 10.3 Å². The summed E-state index contributed by atoms with van der Waals surface area (Å²) in [5.74, 6) is -0.0279. The topological polar surface area (TPSA) is 88.0 Å². The minimum atomic E-state index is -4.49. The maximum atomic E-state index is 12.9. The predicted molar refractivity (Wildman–Crippen MR) is 136 cm³/mol. The minimum absolute atomic E-state index is 0.0279. The summed E-state index contributed by atoms with van der Waals surface area (Å²) in [4.78, 5) is 31.0. The summed E-state index contributed by atoms with van der Waals surface area (Å²) in [5, 5.41) is 4.20. The van der Waals surface area contributed by atoms with E-state index in [4.69, 9.17) is 4.74 Å². The Balaban J connectivity index is 1.35. The van der Waals surface area contributed by atoms with Crippen molar-refractivity contribution in [2.24, 2.45) is 0 Å². The summed E-state index contributed by atoms with van der Waals surface area (Å²) < 4.78 is 44.3. The van der Waals surface area contributed by atoms with Crippen molar-refractivity contribution in [2.75, 3.05) is 38.2 Å². The van der Waals surface area contributed by atoms with Crippen molar-refractivity contribution in [3.8, 4) is 22.4 Å². The molecule has 1 saturated heterocycles. The number of carbonyl (C=O) groups excluding carboxylic acids is 2. The first-order valence-electron chi connectivity index (χ1n) is 11.9. The van der Waals surface area contributed by atoms with Crippen molar-refractivity contribution in [3.63, 3.8) is 0 Å². The third kappa shape index (κ3) is 5.78. The molecule has 0 bridgehead atoms. The van der Waals surface area contributed by atoms with Gasteiger partial charge in [0.25, 0.3) is 5.91 Å². The molecule has 196 valence electrons. The van der Waals surface area contributed by atoms with E-state index < -0.39 is 18.8 Å². The highest BCUT2D eigenvalue weighted by atomic mass is 19.4. The number of nitrogens with zero attached hydrogens (tertiary/aromatic N) is 3. The molecule has 38 heavy (non-hydrogen) atoms. The summed E-state index contributed by atoms with van der Waals surface area (Å²) >= 11 is 0. The fourth-order valence-corrected chi connectivity index (χ4v) is 4.27. The van der Waals surface area contributed by atoms with Crippen LogP contribution in [0.25, 0.3) is 28.0 Å². The zero-order chi connectivity index (χ0) is 26.7. The summed E-state index contributed by atoms with van der Waals surface area (Å²) in [6.07, 6.45) is -0.950. The molecule has 0 aliphatic carbocycles. The van der Waals surface area contributed by atoms with Gasteiger partial charge in [0, 0.05) is 36.1 Å². The van der Waals surface area contributed by atoms with Crippen LogP contribution in [0.1, 0.15) is 10.4 Å². The third-order valence-corrected chi connectivity index (χ3v) is 6.12. The zero-order valence-electron chi connectivity index (χ0n) is 20.2. The van der Waals surface area contributed by atoms with E-state index in [0.29, 0.717) is 43.2 Å². The summed E-state index contributed by atoms with van der Waals surface area (Å²) in [6, 6.07) is 17.1. The van der Waals surface area contributed by atoms with Crippen LogP contribution in [0.2, 0.25) is 0 Å². The quantitative estimate of drug-likeness (QED) is 0.393. The number of aromatic nitrogens is 2. The smallest absolute Gasteiger partial charge is 0.378 e. The number of ether oxygens (including phenoxy) is 1. The normalized spacial score (nSPS) is 13.9. The van der Waals surface area contributed by atoms with Gasteiger partial charge in [-0.25, -0.2) is 9.78 Å². The number of pyridine rings is 1. The van der Waals surface area contributed by atoms with Gasteiger partial charge in [0.05, 0.1) is 25.1 Å². The van der Waals surface area contributed by atoms with Crippen molar-refractivity contribution in [1.29, 1.82) is 0 Å². The molecule has 5 rings (SSSR count). The lowest BCUT2D eigenvalue weighted by Crippen LogP contribution is -2.40. The predicted octanol–water partition coefficient (Wildman–Crippen LogP) is 4.82. The van der Waals surface area contributed by atoms with Crippen LogP contribution < -0.4 is 10.6 Å². The summed E-state index contributed by atoms with van der Waals surface area (Å²) in [6.45, 7) is 0.795. The summed E-state index contributed by atoms with van der Waals surface area (Å²) in [5.41, 5.74) is 4.85. The van der Waals surface area contributed by atoms with Gasteiger partial charge in [-0.2, -0.15) is 13.2 Å². The number of anilines is 1. The molecule has 2 N–H and O–H groups in total. The Labute approximate surface area is 216 Å². The molecule has 3 amide bonds. The highest BCUT2D eigenvalue weighted by Gasteiger charge is 2.27. The number of morpholine rings is 1. The van der Waals surface area contributed by atoms with Crippen molar-refractivity contribution >= 4 is 23.3 Å². The van der Waals surface area contributed by atoms with Crippen molar-refractivity contribution in [2.45, 2.75) is 6.18 Å². The van der Waals surface area contributed by atoms with Gasteiger partial charge < -0.3 is 20.3 Å². The number of imidazole rings is 1. The lowest BCUT2D eigenvalue weighted by atomic mass is 10.0. The number of nitrogens with one attached hydrogen (secondary N) is 2. The number of carbonyl (C=O) groups is 2. The van der Waals surface area contributed by atoms with Crippen molar-refractivity contribution in [1.82, 2.24) is 19.6 Å². The van der Waals surface area contributed by atoms with E-state index in [9.17, 15) is 22.8 Å². The molecule has 3 heterocycles. The molecule has 8 nitrogen and oxygen atoms in total. The second kappa shape index (κ2) is 10.5. The van der Waals surface area contributed by atoms with Gasteiger partial charge in [-0.1, -0.05) is 24.3 Å². The van der Waals surface area contributed by atoms with Gasteiger partial charge in [-0.3, -0.25) is 9.20 Å². The number of benzene rings is 2. The standard InChI is InChI=1S/C27H24F3N5O3/c28-27(29,30)17-32-26(37)33-22-6-2-4-20(14-22)23-16-31-24-15-19(7-8-35(23)24)18-3-1-5-21(13-18)25(36)34-9-11-38-12-10-34/h1-8,13-16H,9-12,17H2,(H2,32,33,37). The maximum Gasteiger partial charge on any atom is 0.405 e. The zero-order valence-corrected chi connectivity index (χ0v) is 20.2. The maximum absolute atomic E-state index is 12.9. The molecule has 1 fully saturated rings. The largest absolute Gasteiger partial charge is 0.405 e. The lowest BCUT2D eigenvalue weighted by molar-refractivity contribution is -0.122. The number of urea groups is 1. The monoisotopic (exact) mass is 523 g/mol. The Bertz CT molecular complexity index is 1480. The van der Waals surface area contributed by atoms with Gasteiger partial charge in [-0.05, 0) is 47.5 Å². The van der Waals surface area contributed by atoms with Crippen LogP contribution >= 0.6 is 0 Å². The molecule has 4 aromatic rings. The molecule has 11 heteroatoms.